The fourth-order valence-electron chi connectivity index (χ4n) is 6.20. The summed E-state index contributed by atoms with van der Waals surface area (Å²) in [5.74, 6) is -1.37. The number of fused-ring (bicyclic) bond motifs is 5. The summed E-state index contributed by atoms with van der Waals surface area (Å²) in [6.07, 6.45) is 0.0739. The van der Waals surface area contributed by atoms with Crippen LogP contribution in [0.15, 0.2) is 66.7 Å². The van der Waals surface area contributed by atoms with Gasteiger partial charge >= 0.3 is 6.09 Å². The highest BCUT2D eigenvalue weighted by atomic mass is 19.1. The Morgan fingerprint density at radius 1 is 0.972 bits per heavy atom. The molecule has 1 N–H and O–H groups in total. The largest absolute Gasteiger partial charge is 0.448 e. The van der Waals surface area contributed by atoms with Gasteiger partial charge in [0.15, 0.2) is 0 Å². The second kappa shape index (κ2) is 8.98. The number of aliphatic hydroxyl groups is 1. The summed E-state index contributed by atoms with van der Waals surface area (Å²) in [5.41, 5.74) is 3.64. The molecule has 0 aromatic heterocycles. The molecule has 1 amide bonds. The normalized spacial score (nSPS) is 24.8. The predicted octanol–water partition coefficient (Wildman–Crippen LogP) is 5.05. The lowest BCUT2D eigenvalue weighted by molar-refractivity contribution is -0.132. The Hall–Kier alpha value is -3.29. The molecule has 3 aromatic carbocycles. The van der Waals surface area contributed by atoms with Gasteiger partial charge in [-0.25, -0.2) is 13.6 Å². The molecule has 6 rings (SSSR count). The predicted molar refractivity (Wildman–Crippen MR) is 130 cm³/mol. The monoisotopic (exact) mass is 491 g/mol. The molecule has 2 aliphatic heterocycles. The van der Waals surface area contributed by atoms with Crippen molar-refractivity contribution in [2.75, 3.05) is 19.8 Å². The summed E-state index contributed by atoms with van der Waals surface area (Å²) in [4.78, 5) is 15.0. The highest BCUT2D eigenvalue weighted by Gasteiger charge is 2.49. The molecule has 2 bridgehead atoms. The van der Waals surface area contributed by atoms with Gasteiger partial charge in [-0.1, -0.05) is 54.6 Å². The first-order valence-corrected chi connectivity index (χ1v) is 12.3. The van der Waals surface area contributed by atoms with Crippen LogP contribution in [-0.4, -0.2) is 53.6 Å². The smallest absolute Gasteiger partial charge is 0.410 e. The van der Waals surface area contributed by atoms with Crippen molar-refractivity contribution in [2.24, 2.45) is 0 Å². The molecule has 3 aromatic rings. The van der Waals surface area contributed by atoms with Crippen LogP contribution in [0.2, 0.25) is 0 Å². The zero-order valence-corrected chi connectivity index (χ0v) is 19.7. The van der Waals surface area contributed by atoms with E-state index in [9.17, 15) is 18.7 Å². The number of piperidine rings is 1. The zero-order chi connectivity index (χ0) is 24.9. The molecule has 0 spiro atoms. The van der Waals surface area contributed by atoms with E-state index in [1.807, 2.05) is 24.3 Å². The van der Waals surface area contributed by atoms with Gasteiger partial charge in [0.1, 0.15) is 18.2 Å². The average Bonchev–Trinajstić information content (AvgIpc) is 3.17. The van der Waals surface area contributed by atoms with Gasteiger partial charge < -0.3 is 14.6 Å². The molecule has 7 heteroatoms. The highest BCUT2D eigenvalue weighted by Crippen LogP contribution is 2.45. The molecule has 0 radical (unpaired) electrons. The Bertz CT molecular complexity index is 1250. The number of benzene rings is 3. The summed E-state index contributed by atoms with van der Waals surface area (Å²) < 4.78 is 39.2. The first-order valence-electron chi connectivity index (χ1n) is 12.3. The SMILES string of the molecule is O=C(OCC1c2ccccc2-c2ccccc21)N1C2COCC1CC(O)(Cc1ccc(F)cc1F)C2. The molecule has 3 aliphatic rings. The number of carbonyl (C=O) groups is 1. The number of morpholine rings is 1. The third-order valence-corrected chi connectivity index (χ3v) is 7.72. The topological polar surface area (TPSA) is 59.0 Å². The fourth-order valence-corrected chi connectivity index (χ4v) is 6.20. The Morgan fingerprint density at radius 2 is 1.58 bits per heavy atom. The zero-order valence-electron chi connectivity index (χ0n) is 19.7. The van der Waals surface area contributed by atoms with E-state index < -0.39 is 23.3 Å². The minimum absolute atomic E-state index is 0.0411. The third-order valence-electron chi connectivity index (χ3n) is 7.72. The van der Waals surface area contributed by atoms with Crippen LogP contribution >= 0.6 is 0 Å². The molecule has 5 nitrogen and oxygen atoms in total. The van der Waals surface area contributed by atoms with E-state index in [-0.39, 0.29) is 62.6 Å². The van der Waals surface area contributed by atoms with Crippen LogP contribution in [0.4, 0.5) is 13.6 Å². The van der Waals surface area contributed by atoms with E-state index in [4.69, 9.17) is 9.47 Å². The van der Waals surface area contributed by atoms with Gasteiger partial charge in [-0.3, -0.25) is 4.90 Å². The molecule has 2 fully saturated rings. The molecule has 2 heterocycles. The molecule has 36 heavy (non-hydrogen) atoms. The lowest BCUT2D eigenvalue weighted by Gasteiger charge is -2.51. The van der Waals surface area contributed by atoms with Crippen LogP contribution in [-0.2, 0) is 15.9 Å². The van der Waals surface area contributed by atoms with Gasteiger partial charge in [-0.15, -0.1) is 0 Å². The first-order chi connectivity index (χ1) is 17.4. The number of ether oxygens (including phenoxy) is 2. The maximum Gasteiger partial charge on any atom is 0.410 e. The number of nitrogens with zero attached hydrogens (tertiary/aromatic N) is 1. The van der Waals surface area contributed by atoms with Crippen molar-refractivity contribution < 1.29 is 28.2 Å². The Morgan fingerprint density at radius 3 is 2.19 bits per heavy atom. The van der Waals surface area contributed by atoms with Gasteiger partial charge in [-0.2, -0.15) is 0 Å². The van der Waals surface area contributed by atoms with Crippen LogP contribution in [0.25, 0.3) is 11.1 Å². The van der Waals surface area contributed by atoms with Gasteiger partial charge in [0.25, 0.3) is 0 Å². The van der Waals surface area contributed by atoms with E-state index >= 15 is 0 Å². The number of hydrogen-bond acceptors (Lipinski definition) is 4. The van der Waals surface area contributed by atoms with Crippen LogP contribution in [0.3, 0.4) is 0 Å². The van der Waals surface area contributed by atoms with Gasteiger partial charge in [-0.05, 0) is 46.7 Å². The van der Waals surface area contributed by atoms with Crippen LogP contribution in [0.1, 0.15) is 35.4 Å². The second-order valence-electron chi connectivity index (χ2n) is 10.1. The standard InChI is InChI=1S/C29H27F2NO4/c30-19-10-9-18(27(31)11-19)12-29(34)13-20-15-35-16-21(14-29)32(20)28(33)36-17-26-24-7-3-1-5-22(24)23-6-2-4-8-25(23)26/h1-11,20-21,26,34H,12-17H2. The highest BCUT2D eigenvalue weighted by molar-refractivity contribution is 5.79. The van der Waals surface area contributed by atoms with Gasteiger partial charge in [0.05, 0.1) is 30.9 Å². The maximum atomic E-state index is 14.3. The minimum atomic E-state index is -1.22. The summed E-state index contributed by atoms with van der Waals surface area (Å²) in [5, 5.41) is 11.4. The number of amides is 1. The minimum Gasteiger partial charge on any atom is -0.448 e. The van der Waals surface area contributed by atoms with Crippen molar-refractivity contribution in [3.63, 3.8) is 0 Å². The summed E-state index contributed by atoms with van der Waals surface area (Å²) in [7, 11) is 0. The van der Waals surface area contributed by atoms with Gasteiger partial charge in [0, 0.05) is 18.4 Å². The summed E-state index contributed by atoms with van der Waals surface area (Å²) >= 11 is 0. The molecule has 2 saturated heterocycles. The number of rotatable bonds is 4. The summed E-state index contributed by atoms with van der Waals surface area (Å²) in [6.45, 7) is 0.762. The fraction of sp³-hybridized carbons (Fsp3) is 0.345. The molecule has 0 saturated carbocycles. The van der Waals surface area contributed by atoms with E-state index in [2.05, 4.69) is 24.3 Å². The molecular formula is C29H27F2NO4. The lowest BCUT2D eigenvalue weighted by Crippen LogP contribution is -2.64. The molecule has 2 unspecified atom stereocenters. The first kappa shape index (κ1) is 23.1. The quantitative estimate of drug-likeness (QED) is 0.555. The number of halogens is 2. The number of carbonyl (C=O) groups excluding carboxylic acids is 1. The molecule has 1 aliphatic carbocycles. The average molecular weight is 492 g/mol. The van der Waals surface area contributed by atoms with Crippen molar-refractivity contribution in [3.05, 3.63) is 95.1 Å². The van der Waals surface area contributed by atoms with Crippen LogP contribution in [0, 0.1) is 11.6 Å². The summed E-state index contributed by atoms with van der Waals surface area (Å²) in [6, 6.07) is 19.0. The van der Waals surface area contributed by atoms with Crippen molar-refractivity contribution in [1.82, 2.24) is 4.90 Å². The van der Waals surface area contributed by atoms with E-state index in [0.717, 1.165) is 28.3 Å². The van der Waals surface area contributed by atoms with Crippen molar-refractivity contribution in [2.45, 2.75) is 42.9 Å². The third kappa shape index (κ3) is 4.06. The Kier molecular flexibility index (Phi) is 5.77. The van der Waals surface area contributed by atoms with Crippen molar-refractivity contribution >= 4 is 6.09 Å². The van der Waals surface area contributed by atoms with Crippen LogP contribution in [0.5, 0.6) is 0 Å². The molecule has 186 valence electrons. The number of hydrogen-bond donors (Lipinski definition) is 1. The maximum absolute atomic E-state index is 14.3. The second-order valence-corrected chi connectivity index (χ2v) is 10.1. The van der Waals surface area contributed by atoms with Crippen molar-refractivity contribution in [1.29, 1.82) is 0 Å². The Labute approximate surface area is 208 Å². The lowest BCUT2D eigenvalue weighted by atomic mass is 9.77. The van der Waals surface area contributed by atoms with Crippen LogP contribution < -0.4 is 0 Å². The molecular weight excluding hydrogens is 464 g/mol. The van der Waals surface area contributed by atoms with E-state index in [1.54, 1.807) is 4.90 Å². The van der Waals surface area contributed by atoms with E-state index in [1.165, 1.54) is 12.1 Å². The van der Waals surface area contributed by atoms with Crippen molar-refractivity contribution in [3.8, 4) is 11.1 Å². The molecule has 2 atom stereocenters. The van der Waals surface area contributed by atoms with Gasteiger partial charge in [0.2, 0.25) is 0 Å². The van der Waals surface area contributed by atoms with E-state index in [0.29, 0.717) is 0 Å². The Balaban J connectivity index is 1.17.